The quantitative estimate of drug-likeness (QED) is 0.807. The number of aliphatic hydroxyl groups is 1. The fraction of sp³-hybridized carbons (Fsp3) is 0.231. The number of carboxylic acid groups (broad SMARTS) is 1. The number of benzene rings is 1. The highest BCUT2D eigenvalue weighted by Gasteiger charge is 2.27. The molecule has 0 saturated carbocycles. The number of rotatable bonds is 4. The van der Waals surface area contributed by atoms with Crippen LogP contribution in [0.1, 0.15) is 16.6 Å². The van der Waals surface area contributed by atoms with Crippen molar-refractivity contribution in [1.82, 2.24) is 5.32 Å². The zero-order valence-corrected chi connectivity index (χ0v) is 12.0. The predicted octanol–water partition coefficient (Wildman–Crippen LogP) is 2.12. The average Bonchev–Trinajstić information content (AvgIpc) is 2.73. The zero-order valence-electron chi connectivity index (χ0n) is 10.5. The van der Waals surface area contributed by atoms with Crippen LogP contribution in [0.4, 0.5) is 0 Å². The van der Waals surface area contributed by atoms with Crippen molar-refractivity contribution in [1.29, 1.82) is 0 Å². The van der Waals surface area contributed by atoms with Crippen LogP contribution in [0.2, 0.25) is 5.02 Å². The van der Waals surface area contributed by atoms with E-state index in [2.05, 4.69) is 5.32 Å². The molecule has 0 aliphatic carbocycles. The van der Waals surface area contributed by atoms with Crippen molar-refractivity contribution < 1.29 is 19.8 Å². The summed E-state index contributed by atoms with van der Waals surface area (Å²) in [5.41, 5.74) is 0. The second-order valence-electron chi connectivity index (χ2n) is 4.27. The summed E-state index contributed by atoms with van der Waals surface area (Å²) in [4.78, 5) is 23.3. The normalized spacial score (nSPS) is 13.9. The summed E-state index contributed by atoms with van der Waals surface area (Å²) in [5.74, 6) is -1.91. The molecule has 20 heavy (non-hydrogen) atoms. The van der Waals surface area contributed by atoms with Gasteiger partial charge in [0.05, 0.1) is 11.1 Å². The summed E-state index contributed by atoms with van der Waals surface area (Å²) >= 11 is 7.31. The van der Waals surface area contributed by atoms with Gasteiger partial charge in [-0.05, 0) is 13.0 Å². The molecule has 0 fully saturated rings. The van der Waals surface area contributed by atoms with E-state index in [4.69, 9.17) is 16.7 Å². The Morgan fingerprint density at radius 2 is 2.00 bits per heavy atom. The molecule has 0 saturated heterocycles. The van der Waals surface area contributed by atoms with Gasteiger partial charge in [-0.3, -0.25) is 4.79 Å². The molecule has 1 amide bonds. The number of nitrogens with one attached hydrogen (secondary N) is 1. The third-order valence-corrected chi connectivity index (χ3v) is 4.45. The lowest BCUT2D eigenvalue weighted by molar-refractivity contribution is -0.141. The summed E-state index contributed by atoms with van der Waals surface area (Å²) < 4.78 is 0.839. The number of aliphatic carboxylic acids is 1. The first-order valence-electron chi connectivity index (χ1n) is 5.80. The lowest BCUT2D eigenvalue weighted by Crippen LogP contribution is -2.47. The predicted molar refractivity (Wildman–Crippen MR) is 77.4 cm³/mol. The van der Waals surface area contributed by atoms with Crippen molar-refractivity contribution in [3.63, 3.8) is 0 Å². The van der Waals surface area contributed by atoms with Crippen LogP contribution in [0.3, 0.4) is 0 Å². The van der Waals surface area contributed by atoms with E-state index in [0.717, 1.165) is 10.1 Å². The maximum absolute atomic E-state index is 12.1. The van der Waals surface area contributed by atoms with E-state index in [-0.39, 0.29) is 9.90 Å². The molecule has 0 radical (unpaired) electrons. The van der Waals surface area contributed by atoms with Gasteiger partial charge in [0.1, 0.15) is 4.88 Å². The number of carboxylic acids is 1. The number of carbonyl (C=O) groups is 2. The number of fused-ring (bicyclic) bond motifs is 1. The van der Waals surface area contributed by atoms with Gasteiger partial charge in [0.15, 0.2) is 6.04 Å². The van der Waals surface area contributed by atoms with Gasteiger partial charge in [0.25, 0.3) is 5.91 Å². The molecular weight excluding hydrogens is 302 g/mol. The van der Waals surface area contributed by atoms with Crippen molar-refractivity contribution in [3.8, 4) is 0 Å². The zero-order chi connectivity index (χ0) is 14.9. The maximum atomic E-state index is 12.1. The average molecular weight is 314 g/mol. The van der Waals surface area contributed by atoms with E-state index in [1.807, 2.05) is 12.1 Å². The van der Waals surface area contributed by atoms with E-state index in [0.29, 0.717) is 0 Å². The van der Waals surface area contributed by atoms with Gasteiger partial charge in [-0.1, -0.05) is 29.8 Å². The van der Waals surface area contributed by atoms with Gasteiger partial charge >= 0.3 is 5.97 Å². The molecule has 0 bridgehead atoms. The van der Waals surface area contributed by atoms with Gasteiger partial charge in [-0.2, -0.15) is 0 Å². The summed E-state index contributed by atoms with van der Waals surface area (Å²) in [5, 5.41) is 21.6. The Morgan fingerprint density at radius 1 is 1.35 bits per heavy atom. The van der Waals surface area contributed by atoms with E-state index in [1.165, 1.54) is 18.3 Å². The first kappa shape index (κ1) is 14.8. The molecule has 106 valence electrons. The van der Waals surface area contributed by atoms with Crippen LogP contribution in [-0.4, -0.2) is 34.2 Å². The molecule has 3 N–H and O–H groups in total. The number of halogens is 1. The van der Waals surface area contributed by atoms with Crippen molar-refractivity contribution in [3.05, 3.63) is 34.2 Å². The summed E-state index contributed by atoms with van der Waals surface area (Å²) in [6.45, 7) is 1.30. The van der Waals surface area contributed by atoms with E-state index in [1.54, 1.807) is 12.1 Å². The van der Waals surface area contributed by atoms with Gasteiger partial charge in [-0.15, -0.1) is 11.3 Å². The number of hydrogen-bond donors (Lipinski definition) is 3. The lowest BCUT2D eigenvalue weighted by atomic mass is 10.2. The SMILES string of the molecule is C[C@@H](O)[C@H](NC(=O)c1sc2ccccc2c1Cl)C(=O)O. The number of thiophene rings is 1. The molecule has 7 heteroatoms. The van der Waals surface area contributed by atoms with Gasteiger partial charge < -0.3 is 15.5 Å². The van der Waals surface area contributed by atoms with Crippen LogP contribution in [-0.2, 0) is 4.79 Å². The molecule has 1 heterocycles. The molecule has 0 spiro atoms. The molecule has 2 aromatic rings. The Kier molecular flexibility index (Phi) is 4.27. The number of carbonyl (C=O) groups excluding carboxylic acids is 1. The van der Waals surface area contributed by atoms with Crippen LogP contribution >= 0.6 is 22.9 Å². The van der Waals surface area contributed by atoms with Gasteiger partial charge in [0, 0.05) is 10.1 Å². The molecule has 5 nitrogen and oxygen atoms in total. The highest BCUT2D eigenvalue weighted by Crippen LogP contribution is 2.35. The first-order chi connectivity index (χ1) is 9.41. The standard InChI is InChI=1S/C13H12ClNO4S/c1-6(16)10(13(18)19)15-12(17)11-9(14)7-4-2-3-5-8(7)20-11/h2-6,10,16H,1H3,(H,15,17)(H,18,19)/t6-,10+/m1/s1. The van der Waals surface area contributed by atoms with Crippen LogP contribution in [0, 0.1) is 0 Å². The minimum Gasteiger partial charge on any atom is -0.480 e. The highest BCUT2D eigenvalue weighted by atomic mass is 35.5. The Morgan fingerprint density at radius 3 is 2.55 bits per heavy atom. The number of hydrogen-bond acceptors (Lipinski definition) is 4. The second kappa shape index (κ2) is 5.78. The minimum absolute atomic E-state index is 0.236. The molecule has 1 aromatic carbocycles. The molecular formula is C13H12ClNO4S. The van der Waals surface area contributed by atoms with Crippen LogP contribution < -0.4 is 5.32 Å². The molecule has 0 aliphatic rings. The number of amides is 1. The highest BCUT2D eigenvalue weighted by molar-refractivity contribution is 7.21. The van der Waals surface area contributed by atoms with E-state index < -0.39 is 24.0 Å². The van der Waals surface area contributed by atoms with E-state index in [9.17, 15) is 14.7 Å². The van der Waals surface area contributed by atoms with Gasteiger partial charge in [0.2, 0.25) is 0 Å². The number of aliphatic hydroxyl groups excluding tert-OH is 1. The Hall–Kier alpha value is -1.63. The summed E-state index contributed by atoms with van der Waals surface area (Å²) in [7, 11) is 0. The van der Waals surface area contributed by atoms with Crippen molar-refractivity contribution in [2.24, 2.45) is 0 Å². The van der Waals surface area contributed by atoms with E-state index >= 15 is 0 Å². The largest absolute Gasteiger partial charge is 0.480 e. The fourth-order valence-corrected chi connectivity index (χ4v) is 3.18. The third kappa shape index (κ3) is 2.77. The van der Waals surface area contributed by atoms with Crippen LogP contribution in [0.25, 0.3) is 10.1 Å². The Bertz CT molecular complexity index is 667. The van der Waals surface area contributed by atoms with Crippen LogP contribution in [0.15, 0.2) is 24.3 Å². The Labute approximate surface area is 123 Å². The second-order valence-corrected chi connectivity index (χ2v) is 5.70. The van der Waals surface area contributed by atoms with Crippen molar-refractivity contribution >= 4 is 44.9 Å². The van der Waals surface area contributed by atoms with Crippen molar-refractivity contribution in [2.45, 2.75) is 19.1 Å². The maximum Gasteiger partial charge on any atom is 0.328 e. The smallest absolute Gasteiger partial charge is 0.328 e. The monoisotopic (exact) mass is 313 g/mol. The summed E-state index contributed by atoms with van der Waals surface area (Å²) in [6.07, 6.45) is -1.20. The first-order valence-corrected chi connectivity index (χ1v) is 7.00. The lowest BCUT2D eigenvalue weighted by Gasteiger charge is -2.16. The van der Waals surface area contributed by atoms with Crippen LogP contribution in [0.5, 0.6) is 0 Å². The molecule has 1 aromatic heterocycles. The minimum atomic E-state index is -1.37. The molecule has 2 atom stereocenters. The molecule has 0 aliphatic heterocycles. The van der Waals surface area contributed by atoms with Gasteiger partial charge in [-0.25, -0.2) is 4.79 Å². The Balaban J connectivity index is 2.32. The molecule has 2 rings (SSSR count). The third-order valence-electron chi connectivity index (χ3n) is 2.78. The summed E-state index contributed by atoms with van der Waals surface area (Å²) in [6, 6.07) is 5.87. The molecule has 0 unspecified atom stereocenters. The fourth-order valence-electron chi connectivity index (χ4n) is 1.76. The topological polar surface area (TPSA) is 86.6 Å². The van der Waals surface area contributed by atoms with Crippen molar-refractivity contribution in [2.75, 3.05) is 0 Å².